The van der Waals surface area contributed by atoms with E-state index in [2.05, 4.69) is 18.3 Å². The predicted molar refractivity (Wildman–Crippen MR) is 60.9 cm³/mol. The van der Waals surface area contributed by atoms with Gasteiger partial charge < -0.3 is 5.32 Å². The van der Waals surface area contributed by atoms with Gasteiger partial charge in [0, 0.05) is 21.8 Å². The van der Waals surface area contributed by atoms with E-state index < -0.39 is 0 Å². The molecule has 1 saturated carbocycles. The van der Waals surface area contributed by atoms with Crippen molar-refractivity contribution in [3.63, 3.8) is 0 Å². The van der Waals surface area contributed by atoms with Crippen molar-refractivity contribution in [2.24, 2.45) is 0 Å². The van der Waals surface area contributed by atoms with Gasteiger partial charge in [-0.15, -0.1) is 11.3 Å². The second-order valence-electron chi connectivity index (χ2n) is 4.61. The molecule has 0 radical (unpaired) electrons. The van der Waals surface area contributed by atoms with Crippen LogP contribution in [0.15, 0.2) is 6.07 Å². The molecule has 76 valence electrons. The van der Waals surface area contributed by atoms with E-state index in [9.17, 15) is 0 Å². The van der Waals surface area contributed by atoms with Gasteiger partial charge in [0.1, 0.15) is 0 Å². The molecule has 0 bridgehead atoms. The average molecular weight is 207 g/mol. The Labute approximate surface area is 89.5 Å². The van der Waals surface area contributed by atoms with E-state index in [1.807, 2.05) is 11.3 Å². The predicted octanol–water partition coefficient (Wildman–Crippen LogP) is 3.05. The third-order valence-corrected chi connectivity index (χ3v) is 4.68. The van der Waals surface area contributed by atoms with Crippen LogP contribution >= 0.6 is 11.3 Å². The fraction of sp³-hybridized carbons (Fsp3) is 0.667. The Morgan fingerprint density at radius 1 is 1.43 bits per heavy atom. The topological polar surface area (TPSA) is 12.0 Å². The summed E-state index contributed by atoms with van der Waals surface area (Å²) in [5.41, 5.74) is 1.63. The van der Waals surface area contributed by atoms with Crippen molar-refractivity contribution in [2.75, 3.05) is 0 Å². The summed E-state index contributed by atoms with van der Waals surface area (Å²) in [6.45, 7) is 2.30. The fourth-order valence-corrected chi connectivity index (χ4v) is 3.52. The van der Waals surface area contributed by atoms with Gasteiger partial charge >= 0.3 is 0 Å². The third kappa shape index (κ3) is 1.61. The fourth-order valence-electron chi connectivity index (χ4n) is 2.25. The largest absolute Gasteiger partial charge is 0.307 e. The molecule has 2 aliphatic carbocycles. The summed E-state index contributed by atoms with van der Waals surface area (Å²) in [6, 6.07) is 3.84. The van der Waals surface area contributed by atoms with Gasteiger partial charge in [0.2, 0.25) is 0 Å². The van der Waals surface area contributed by atoms with Crippen LogP contribution < -0.4 is 5.32 Å². The van der Waals surface area contributed by atoms with Crippen LogP contribution in [0.2, 0.25) is 0 Å². The van der Waals surface area contributed by atoms with Crippen molar-refractivity contribution < 1.29 is 0 Å². The molecule has 3 rings (SSSR count). The number of rotatable bonds is 3. The Bertz CT molecular complexity index is 317. The van der Waals surface area contributed by atoms with E-state index in [-0.39, 0.29) is 0 Å². The highest BCUT2D eigenvalue weighted by Gasteiger charge is 2.25. The van der Waals surface area contributed by atoms with E-state index >= 15 is 0 Å². The van der Waals surface area contributed by atoms with Gasteiger partial charge in [-0.3, -0.25) is 0 Å². The Hall–Kier alpha value is -0.340. The molecule has 1 aromatic heterocycles. The smallest absolute Gasteiger partial charge is 0.0388 e. The molecule has 1 atom stereocenters. The van der Waals surface area contributed by atoms with Crippen LogP contribution in [-0.2, 0) is 12.8 Å². The number of fused-ring (bicyclic) bond motifs is 1. The van der Waals surface area contributed by atoms with Crippen molar-refractivity contribution in [2.45, 2.75) is 51.1 Å². The van der Waals surface area contributed by atoms with Crippen molar-refractivity contribution >= 4 is 11.3 Å². The molecule has 1 aromatic rings. The minimum atomic E-state index is 0.582. The molecular weight excluding hydrogens is 190 g/mol. The molecule has 1 nitrogen and oxygen atoms in total. The van der Waals surface area contributed by atoms with Crippen LogP contribution in [0.4, 0.5) is 0 Å². The molecule has 1 N–H and O–H groups in total. The summed E-state index contributed by atoms with van der Waals surface area (Å²) in [5.74, 6) is 0. The number of hydrogen-bond acceptors (Lipinski definition) is 2. The molecule has 2 heteroatoms. The lowest BCUT2D eigenvalue weighted by atomic mass is 10.2. The molecule has 2 aliphatic rings. The summed E-state index contributed by atoms with van der Waals surface area (Å²) in [7, 11) is 0. The molecule has 0 spiro atoms. The van der Waals surface area contributed by atoms with Gasteiger partial charge in [-0.1, -0.05) is 0 Å². The van der Waals surface area contributed by atoms with E-state index in [1.54, 1.807) is 15.3 Å². The first-order chi connectivity index (χ1) is 6.83. The molecule has 0 aliphatic heterocycles. The maximum Gasteiger partial charge on any atom is 0.0388 e. The molecule has 1 unspecified atom stereocenters. The van der Waals surface area contributed by atoms with Gasteiger partial charge in [0.15, 0.2) is 0 Å². The van der Waals surface area contributed by atoms with E-state index in [4.69, 9.17) is 0 Å². The molecular formula is C12H17NS. The maximum atomic E-state index is 3.67. The quantitative estimate of drug-likeness (QED) is 0.803. The van der Waals surface area contributed by atoms with Crippen molar-refractivity contribution in [1.29, 1.82) is 0 Å². The first kappa shape index (κ1) is 8.93. The van der Waals surface area contributed by atoms with E-state index in [0.29, 0.717) is 6.04 Å². The van der Waals surface area contributed by atoms with Crippen LogP contribution in [0.5, 0.6) is 0 Å². The van der Waals surface area contributed by atoms with Crippen LogP contribution in [-0.4, -0.2) is 6.04 Å². The van der Waals surface area contributed by atoms with E-state index in [1.165, 1.54) is 32.1 Å². The zero-order valence-electron chi connectivity index (χ0n) is 8.68. The highest BCUT2D eigenvalue weighted by atomic mass is 32.1. The van der Waals surface area contributed by atoms with Crippen molar-refractivity contribution in [3.05, 3.63) is 21.4 Å². The molecule has 1 heterocycles. The van der Waals surface area contributed by atoms with Gasteiger partial charge in [-0.05, 0) is 50.7 Å². The lowest BCUT2D eigenvalue weighted by Crippen LogP contribution is -2.19. The highest BCUT2D eigenvalue weighted by Crippen LogP contribution is 2.34. The van der Waals surface area contributed by atoms with Gasteiger partial charge in [0.25, 0.3) is 0 Å². The Morgan fingerprint density at radius 2 is 2.29 bits per heavy atom. The average Bonchev–Trinajstić information content (AvgIpc) is 2.73. The summed E-state index contributed by atoms with van der Waals surface area (Å²) in [5, 5.41) is 3.67. The molecule has 14 heavy (non-hydrogen) atoms. The van der Waals surface area contributed by atoms with Gasteiger partial charge in [-0.25, -0.2) is 0 Å². The zero-order chi connectivity index (χ0) is 9.54. The van der Waals surface area contributed by atoms with Gasteiger partial charge in [-0.2, -0.15) is 0 Å². The van der Waals surface area contributed by atoms with Crippen molar-refractivity contribution in [3.8, 4) is 0 Å². The first-order valence-corrected chi connectivity index (χ1v) is 6.52. The summed E-state index contributed by atoms with van der Waals surface area (Å²) >= 11 is 2.04. The monoisotopic (exact) mass is 207 g/mol. The summed E-state index contributed by atoms with van der Waals surface area (Å²) in [4.78, 5) is 3.21. The summed E-state index contributed by atoms with van der Waals surface area (Å²) < 4.78 is 0. The van der Waals surface area contributed by atoms with E-state index in [0.717, 1.165) is 6.04 Å². The lowest BCUT2D eigenvalue weighted by molar-refractivity contribution is 0.579. The van der Waals surface area contributed by atoms with Crippen LogP contribution in [0.1, 0.15) is 47.5 Å². The first-order valence-electron chi connectivity index (χ1n) is 5.70. The van der Waals surface area contributed by atoms with Gasteiger partial charge in [0.05, 0.1) is 0 Å². The molecule has 0 saturated heterocycles. The molecule has 0 amide bonds. The Kier molecular flexibility index (Phi) is 2.14. The van der Waals surface area contributed by atoms with Crippen molar-refractivity contribution in [1.82, 2.24) is 5.32 Å². The number of aryl methyl sites for hydroxylation is 2. The van der Waals surface area contributed by atoms with Crippen LogP contribution in [0, 0.1) is 0 Å². The maximum absolute atomic E-state index is 3.67. The molecule has 1 fully saturated rings. The summed E-state index contributed by atoms with van der Waals surface area (Å²) in [6.07, 6.45) is 6.80. The van der Waals surface area contributed by atoms with Crippen LogP contribution in [0.25, 0.3) is 0 Å². The Morgan fingerprint density at radius 3 is 3.00 bits per heavy atom. The molecule has 0 aromatic carbocycles. The number of nitrogens with one attached hydrogen (secondary N) is 1. The minimum absolute atomic E-state index is 0.582. The lowest BCUT2D eigenvalue weighted by Gasteiger charge is -2.10. The normalized spacial score (nSPS) is 22.4. The third-order valence-electron chi connectivity index (χ3n) is 3.26. The SMILES string of the molecule is CC(NC1CC1)c1cc2c(s1)CCC2. The number of hydrogen-bond donors (Lipinski definition) is 1. The zero-order valence-corrected chi connectivity index (χ0v) is 9.49. The number of thiophene rings is 1. The van der Waals surface area contributed by atoms with Crippen LogP contribution in [0.3, 0.4) is 0 Å². The standard InChI is InChI=1S/C12H17NS/c1-8(13-10-5-6-10)12-7-9-3-2-4-11(9)14-12/h7-8,10,13H,2-6H2,1H3. The highest BCUT2D eigenvalue weighted by molar-refractivity contribution is 7.12. The second kappa shape index (κ2) is 3.35. The Balaban J connectivity index is 1.75. The minimum Gasteiger partial charge on any atom is -0.307 e. The second-order valence-corrected chi connectivity index (χ2v) is 5.78.